The van der Waals surface area contributed by atoms with Crippen molar-refractivity contribution >= 4 is 14.0 Å². The van der Waals surface area contributed by atoms with Crippen LogP contribution in [0.15, 0.2) is 0 Å². The molecule has 0 unspecified atom stereocenters. The molecular formula is C15H27NO3Si. The van der Waals surface area contributed by atoms with Crippen molar-refractivity contribution in [2.45, 2.75) is 46.0 Å². The Morgan fingerprint density at radius 1 is 1.40 bits per heavy atom. The van der Waals surface area contributed by atoms with Gasteiger partial charge in [-0.2, -0.15) is 0 Å². The summed E-state index contributed by atoms with van der Waals surface area (Å²) in [6, 6.07) is 0. The third-order valence-corrected chi connectivity index (χ3v) is 4.60. The molecule has 0 bridgehead atoms. The van der Waals surface area contributed by atoms with Gasteiger partial charge >= 0.3 is 0 Å². The second-order valence-corrected chi connectivity index (χ2v) is 11.3. The van der Waals surface area contributed by atoms with Gasteiger partial charge in [0.1, 0.15) is 14.2 Å². The highest BCUT2D eigenvalue weighted by molar-refractivity contribution is 6.83. The molecule has 1 N–H and O–H groups in total. The Morgan fingerprint density at radius 2 is 1.95 bits per heavy atom. The van der Waals surface area contributed by atoms with Crippen molar-refractivity contribution in [2.24, 2.45) is 5.41 Å². The van der Waals surface area contributed by atoms with E-state index in [1.54, 1.807) is 4.90 Å². The van der Waals surface area contributed by atoms with Gasteiger partial charge in [-0.25, -0.2) is 0 Å². The molecule has 1 aliphatic heterocycles. The molecule has 0 aromatic rings. The number of morpholine rings is 1. The highest BCUT2D eigenvalue weighted by Gasteiger charge is 2.41. The highest BCUT2D eigenvalue weighted by atomic mass is 28.3. The third kappa shape index (κ3) is 4.34. The lowest BCUT2D eigenvalue weighted by Gasteiger charge is -2.37. The number of rotatable bonds is 3. The largest absolute Gasteiger partial charge is 0.379 e. The molecule has 1 rings (SSSR count). The second-order valence-electron chi connectivity index (χ2n) is 6.60. The Kier molecular flexibility index (Phi) is 5.81. The summed E-state index contributed by atoms with van der Waals surface area (Å²) < 4.78 is 5.27. The summed E-state index contributed by atoms with van der Waals surface area (Å²) in [6.45, 7) is 12.5. The van der Waals surface area contributed by atoms with E-state index >= 15 is 0 Å². The normalized spacial score (nSPS) is 20.6. The molecule has 0 aliphatic carbocycles. The zero-order chi connectivity index (χ0) is 15.4. The summed E-state index contributed by atoms with van der Waals surface area (Å²) in [4.78, 5) is 14.5. The van der Waals surface area contributed by atoms with E-state index in [1.165, 1.54) is 0 Å². The minimum absolute atomic E-state index is 0.0133. The van der Waals surface area contributed by atoms with Gasteiger partial charge in [0.2, 0.25) is 5.91 Å². The highest BCUT2D eigenvalue weighted by Crippen LogP contribution is 2.29. The van der Waals surface area contributed by atoms with Crippen LogP contribution in [-0.4, -0.2) is 56.4 Å². The second kappa shape index (κ2) is 6.75. The van der Waals surface area contributed by atoms with Gasteiger partial charge in [-0.1, -0.05) is 32.5 Å². The average molecular weight is 297 g/mol. The van der Waals surface area contributed by atoms with Gasteiger partial charge in [0.15, 0.2) is 0 Å². The van der Waals surface area contributed by atoms with E-state index in [-0.39, 0.29) is 5.91 Å². The van der Waals surface area contributed by atoms with Crippen LogP contribution in [0.3, 0.4) is 0 Å². The summed E-state index contributed by atoms with van der Waals surface area (Å²) in [7, 11) is -1.55. The van der Waals surface area contributed by atoms with E-state index in [4.69, 9.17) is 4.74 Å². The SMILES string of the molecule is CC[C@](C)(C(=O)N1CCOCC1)[C@@H](O)C#C[Si](C)(C)C. The zero-order valence-corrected chi connectivity index (χ0v) is 14.3. The van der Waals surface area contributed by atoms with E-state index in [1.807, 2.05) is 13.8 Å². The molecule has 1 heterocycles. The van der Waals surface area contributed by atoms with Crippen LogP contribution in [0.1, 0.15) is 20.3 Å². The van der Waals surface area contributed by atoms with Gasteiger partial charge in [0.05, 0.1) is 18.6 Å². The molecule has 1 saturated heterocycles. The smallest absolute Gasteiger partial charge is 0.232 e. The Bertz CT molecular complexity index is 402. The van der Waals surface area contributed by atoms with E-state index in [9.17, 15) is 9.90 Å². The Balaban J connectivity index is 2.88. The number of carbonyl (C=O) groups is 1. The van der Waals surface area contributed by atoms with Gasteiger partial charge in [-0.05, 0) is 13.3 Å². The molecule has 114 valence electrons. The molecule has 2 atom stereocenters. The average Bonchev–Trinajstić information content (AvgIpc) is 2.43. The predicted octanol–water partition coefficient (Wildman–Crippen LogP) is 1.50. The lowest BCUT2D eigenvalue weighted by atomic mass is 9.80. The van der Waals surface area contributed by atoms with Crippen molar-refractivity contribution in [1.82, 2.24) is 4.90 Å². The van der Waals surface area contributed by atoms with Crippen molar-refractivity contribution in [3.63, 3.8) is 0 Å². The van der Waals surface area contributed by atoms with Gasteiger partial charge in [-0.3, -0.25) is 4.79 Å². The van der Waals surface area contributed by atoms with Crippen molar-refractivity contribution in [1.29, 1.82) is 0 Å². The first kappa shape index (κ1) is 17.2. The standard InChI is InChI=1S/C15H27NO3Si/c1-6-15(2,13(17)7-12-20(3,4)5)14(18)16-8-10-19-11-9-16/h13,17H,6,8-11H2,1-5H3/t13-,15-/m0/s1. The van der Waals surface area contributed by atoms with Gasteiger partial charge in [0.25, 0.3) is 0 Å². The number of hydrogen-bond donors (Lipinski definition) is 1. The van der Waals surface area contributed by atoms with Crippen LogP contribution in [0.5, 0.6) is 0 Å². The Morgan fingerprint density at radius 3 is 2.40 bits per heavy atom. The molecule has 4 nitrogen and oxygen atoms in total. The monoisotopic (exact) mass is 297 g/mol. The van der Waals surface area contributed by atoms with Crippen molar-refractivity contribution in [3.05, 3.63) is 0 Å². The quantitative estimate of drug-likeness (QED) is 0.634. The lowest BCUT2D eigenvalue weighted by molar-refractivity contribution is -0.150. The number of amides is 1. The number of carbonyl (C=O) groups excluding carboxylic acids is 1. The van der Waals surface area contributed by atoms with E-state index < -0.39 is 19.6 Å². The van der Waals surface area contributed by atoms with Gasteiger partial charge in [0, 0.05) is 13.1 Å². The van der Waals surface area contributed by atoms with E-state index in [0.717, 1.165) is 0 Å². The maximum Gasteiger partial charge on any atom is 0.232 e. The van der Waals surface area contributed by atoms with E-state index in [2.05, 4.69) is 31.1 Å². The number of ether oxygens (including phenoxy) is 1. The summed E-state index contributed by atoms with van der Waals surface area (Å²) in [6.07, 6.45) is -0.334. The first-order valence-electron chi connectivity index (χ1n) is 7.28. The molecule has 1 aliphatic rings. The Labute approximate surface area is 123 Å². The van der Waals surface area contributed by atoms with Crippen molar-refractivity contribution < 1.29 is 14.6 Å². The van der Waals surface area contributed by atoms with Crippen LogP contribution in [0, 0.1) is 16.9 Å². The molecule has 1 amide bonds. The van der Waals surface area contributed by atoms with Crippen LogP contribution in [-0.2, 0) is 9.53 Å². The topological polar surface area (TPSA) is 49.8 Å². The molecule has 0 aromatic carbocycles. The summed E-state index contributed by atoms with van der Waals surface area (Å²) >= 11 is 0. The maximum atomic E-state index is 12.7. The molecule has 20 heavy (non-hydrogen) atoms. The van der Waals surface area contributed by atoms with Gasteiger partial charge < -0.3 is 14.7 Å². The molecule has 0 saturated carbocycles. The fraction of sp³-hybridized carbons (Fsp3) is 0.800. The third-order valence-electron chi connectivity index (χ3n) is 3.71. The lowest BCUT2D eigenvalue weighted by Crippen LogP contribution is -2.51. The minimum atomic E-state index is -1.55. The first-order valence-corrected chi connectivity index (χ1v) is 10.8. The fourth-order valence-corrected chi connectivity index (χ4v) is 2.60. The summed E-state index contributed by atoms with van der Waals surface area (Å²) in [5, 5.41) is 10.4. The molecule has 1 fully saturated rings. The van der Waals surface area contributed by atoms with Crippen LogP contribution in [0.4, 0.5) is 0 Å². The summed E-state index contributed by atoms with van der Waals surface area (Å²) in [5.41, 5.74) is 2.33. The van der Waals surface area contributed by atoms with Gasteiger partial charge in [-0.15, -0.1) is 5.54 Å². The maximum absolute atomic E-state index is 12.7. The Hall–Kier alpha value is -0.833. The van der Waals surface area contributed by atoms with Crippen LogP contribution in [0.25, 0.3) is 0 Å². The van der Waals surface area contributed by atoms with Crippen LogP contribution in [0.2, 0.25) is 19.6 Å². The molecule has 0 spiro atoms. The van der Waals surface area contributed by atoms with E-state index in [0.29, 0.717) is 32.7 Å². The number of hydrogen-bond acceptors (Lipinski definition) is 3. The number of aliphatic hydroxyl groups excluding tert-OH is 1. The van der Waals surface area contributed by atoms with Crippen LogP contribution >= 0.6 is 0 Å². The zero-order valence-electron chi connectivity index (χ0n) is 13.3. The number of nitrogens with zero attached hydrogens (tertiary/aromatic N) is 1. The number of aliphatic hydroxyl groups is 1. The minimum Gasteiger partial charge on any atom is -0.379 e. The predicted molar refractivity (Wildman–Crippen MR) is 82.9 cm³/mol. The molecular weight excluding hydrogens is 270 g/mol. The molecule has 0 aromatic heterocycles. The van der Waals surface area contributed by atoms with Crippen LogP contribution < -0.4 is 0 Å². The molecule has 0 radical (unpaired) electrons. The van der Waals surface area contributed by atoms with Crippen molar-refractivity contribution in [2.75, 3.05) is 26.3 Å². The van der Waals surface area contributed by atoms with Crippen molar-refractivity contribution in [3.8, 4) is 11.5 Å². The fourth-order valence-electron chi connectivity index (χ4n) is 2.03. The first-order chi connectivity index (χ1) is 9.20. The molecule has 5 heteroatoms. The summed E-state index contributed by atoms with van der Waals surface area (Å²) in [5.74, 6) is 2.91.